The Morgan fingerprint density at radius 3 is 2.44 bits per heavy atom. The highest BCUT2D eigenvalue weighted by atomic mass is 32.2. The van der Waals surface area contributed by atoms with Crippen LogP contribution in [-0.4, -0.2) is 33.5 Å². The summed E-state index contributed by atoms with van der Waals surface area (Å²) in [5.41, 5.74) is 0.138. The van der Waals surface area contributed by atoms with Gasteiger partial charge >= 0.3 is 10.1 Å². The third-order valence-electron chi connectivity index (χ3n) is 4.71. The topological polar surface area (TPSA) is 158 Å². The number of nitro groups is 1. The van der Waals surface area contributed by atoms with E-state index in [9.17, 15) is 28.6 Å². The first-order valence-corrected chi connectivity index (χ1v) is 11.5. The fourth-order valence-electron chi connectivity index (χ4n) is 2.98. The summed E-state index contributed by atoms with van der Waals surface area (Å²) in [6.45, 7) is 0. The van der Waals surface area contributed by atoms with E-state index in [1.807, 2.05) is 6.07 Å². The largest absolute Gasteiger partial charge is 0.497 e. The number of nitrogens with one attached hydrogen (secondary N) is 1. The number of amides is 1. The van der Waals surface area contributed by atoms with Crippen molar-refractivity contribution in [1.29, 1.82) is 5.26 Å². The second kappa shape index (κ2) is 11.0. The van der Waals surface area contributed by atoms with Gasteiger partial charge in [0.2, 0.25) is 0 Å². The molecule has 0 atom stereocenters. The van der Waals surface area contributed by atoms with Crippen LogP contribution in [0.3, 0.4) is 0 Å². The number of rotatable bonds is 9. The summed E-state index contributed by atoms with van der Waals surface area (Å²) in [5, 5.41) is 23.0. The van der Waals surface area contributed by atoms with E-state index in [0.29, 0.717) is 17.0 Å². The van der Waals surface area contributed by atoms with Gasteiger partial charge in [-0.3, -0.25) is 14.9 Å². The van der Waals surface area contributed by atoms with Gasteiger partial charge in [-0.2, -0.15) is 13.7 Å². The second-order valence-corrected chi connectivity index (χ2v) is 8.60. The first-order valence-electron chi connectivity index (χ1n) is 10.1. The summed E-state index contributed by atoms with van der Waals surface area (Å²) in [5.74, 6) is -0.349. The van der Waals surface area contributed by atoms with Crippen LogP contribution in [-0.2, 0) is 14.9 Å². The number of benzene rings is 3. The molecule has 1 amide bonds. The van der Waals surface area contributed by atoms with E-state index >= 15 is 0 Å². The third-order valence-corrected chi connectivity index (χ3v) is 5.94. The zero-order valence-electron chi connectivity index (χ0n) is 19.0. The quantitative estimate of drug-likeness (QED) is 0.148. The fourth-order valence-corrected chi connectivity index (χ4v) is 3.96. The summed E-state index contributed by atoms with van der Waals surface area (Å²) in [6, 6.07) is 16.9. The Labute approximate surface area is 206 Å². The molecular weight excluding hydrogens is 490 g/mol. The van der Waals surface area contributed by atoms with Crippen LogP contribution in [0.25, 0.3) is 6.08 Å². The van der Waals surface area contributed by atoms with Crippen LogP contribution >= 0.6 is 0 Å². The highest BCUT2D eigenvalue weighted by Crippen LogP contribution is 2.32. The minimum absolute atomic E-state index is 0.0109. The van der Waals surface area contributed by atoms with Crippen molar-refractivity contribution < 1.29 is 31.8 Å². The van der Waals surface area contributed by atoms with Crippen molar-refractivity contribution in [2.45, 2.75) is 4.90 Å². The zero-order valence-corrected chi connectivity index (χ0v) is 19.8. The number of hydrogen-bond acceptors (Lipinski definition) is 9. The molecular formula is C24H19N3O8S. The maximum atomic E-state index is 12.6. The fraction of sp³-hybridized carbons (Fsp3) is 0.0833. The first-order chi connectivity index (χ1) is 17.2. The minimum atomic E-state index is -4.42. The molecule has 0 aromatic heterocycles. The van der Waals surface area contributed by atoms with E-state index in [-0.39, 0.29) is 17.1 Å². The van der Waals surface area contributed by atoms with Gasteiger partial charge < -0.3 is 19.0 Å². The standard InChI is InChI=1S/C24H19N3O8S/c1-33-20-7-3-5-18(13-20)26-24(28)17(15-25)11-16-9-10-22(23(12-16)34-2)35-36(31,32)21-8-4-6-19(14-21)27(29)30/h3-14H,1-2H3,(H,26,28)/b17-11+. The van der Waals surface area contributed by atoms with Gasteiger partial charge in [-0.1, -0.05) is 18.2 Å². The molecule has 0 bridgehead atoms. The number of nitro benzene ring substituents is 1. The Bertz CT molecular complexity index is 1490. The van der Waals surface area contributed by atoms with Crippen molar-refractivity contribution in [1.82, 2.24) is 0 Å². The number of methoxy groups -OCH3 is 2. The summed E-state index contributed by atoms with van der Waals surface area (Å²) in [7, 11) is -1.67. The van der Waals surface area contributed by atoms with Crippen molar-refractivity contribution in [3.63, 3.8) is 0 Å². The van der Waals surface area contributed by atoms with Crippen molar-refractivity contribution in [2.24, 2.45) is 0 Å². The molecule has 0 aliphatic rings. The molecule has 3 rings (SSSR count). The molecule has 11 nitrogen and oxygen atoms in total. The number of nitrogens with zero attached hydrogens (tertiary/aromatic N) is 2. The van der Waals surface area contributed by atoms with Crippen LogP contribution in [0.2, 0.25) is 0 Å². The second-order valence-electron chi connectivity index (χ2n) is 7.06. The van der Waals surface area contributed by atoms with Crippen LogP contribution in [0.4, 0.5) is 11.4 Å². The van der Waals surface area contributed by atoms with Crippen molar-refractivity contribution in [2.75, 3.05) is 19.5 Å². The molecule has 184 valence electrons. The molecule has 0 fully saturated rings. The molecule has 0 aliphatic heterocycles. The molecule has 3 aromatic rings. The lowest BCUT2D eigenvalue weighted by atomic mass is 10.1. The number of ether oxygens (including phenoxy) is 2. The molecule has 0 aliphatic carbocycles. The van der Waals surface area contributed by atoms with Crippen LogP contribution in [0.5, 0.6) is 17.2 Å². The van der Waals surface area contributed by atoms with Crippen molar-refractivity contribution >= 4 is 33.5 Å². The Hall–Kier alpha value is -4.89. The molecule has 1 N–H and O–H groups in total. The van der Waals surface area contributed by atoms with Crippen LogP contribution in [0.15, 0.2) is 77.2 Å². The Balaban J connectivity index is 1.85. The van der Waals surface area contributed by atoms with E-state index in [2.05, 4.69) is 5.32 Å². The van der Waals surface area contributed by atoms with Gasteiger partial charge in [0.25, 0.3) is 11.6 Å². The molecule has 0 unspecified atom stereocenters. The predicted octanol–water partition coefficient (Wildman–Crippen LogP) is 3.93. The molecule has 0 spiro atoms. The summed E-state index contributed by atoms with van der Waals surface area (Å²) in [6.07, 6.45) is 1.29. The van der Waals surface area contributed by atoms with E-state index < -0.39 is 31.5 Å². The van der Waals surface area contributed by atoms with E-state index in [1.54, 1.807) is 24.3 Å². The number of anilines is 1. The van der Waals surface area contributed by atoms with Gasteiger partial charge in [-0.25, -0.2) is 0 Å². The van der Waals surface area contributed by atoms with Gasteiger partial charge in [-0.15, -0.1) is 0 Å². The lowest BCUT2D eigenvalue weighted by Crippen LogP contribution is -2.13. The molecule has 12 heteroatoms. The number of non-ortho nitro benzene ring substituents is 1. The molecule has 0 saturated carbocycles. The molecule has 3 aromatic carbocycles. The maximum Gasteiger partial charge on any atom is 0.339 e. The van der Waals surface area contributed by atoms with Crippen LogP contribution in [0, 0.1) is 21.4 Å². The van der Waals surface area contributed by atoms with Crippen LogP contribution < -0.4 is 19.0 Å². The zero-order chi connectivity index (χ0) is 26.3. The predicted molar refractivity (Wildman–Crippen MR) is 129 cm³/mol. The number of carbonyl (C=O) groups excluding carboxylic acids is 1. The molecule has 36 heavy (non-hydrogen) atoms. The normalized spacial score (nSPS) is 11.2. The van der Waals surface area contributed by atoms with Gasteiger partial charge in [0.1, 0.15) is 22.3 Å². The Morgan fingerprint density at radius 2 is 1.78 bits per heavy atom. The highest BCUT2D eigenvalue weighted by Gasteiger charge is 2.22. The summed E-state index contributed by atoms with van der Waals surface area (Å²) < 4.78 is 40.7. The average molecular weight is 509 g/mol. The minimum Gasteiger partial charge on any atom is -0.497 e. The van der Waals surface area contributed by atoms with Crippen molar-refractivity contribution in [3.05, 3.63) is 88.0 Å². The average Bonchev–Trinajstić information content (AvgIpc) is 2.87. The van der Waals surface area contributed by atoms with E-state index in [1.165, 1.54) is 44.6 Å². The van der Waals surface area contributed by atoms with Gasteiger partial charge in [0.05, 0.1) is 19.1 Å². The summed E-state index contributed by atoms with van der Waals surface area (Å²) in [4.78, 5) is 22.4. The monoisotopic (exact) mass is 509 g/mol. The van der Waals surface area contributed by atoms with Gasteiger partial charge in [-0.05, 0) is 42.0 Å². The lowest BCUT2D eigenvalue weighted by Gasteiger charge is -2.11. The third kappa shape index (κ3) is 6.16. The van der Waals surface area contributed by atoms with E-state index in [0.717, 1.165) is 18.2 Å². The first kappa shape index (κ1) is 25.7. The molecule has 0 radical (unpaired) electrons. The van der Waals surface area contributed by atoms with Gasteiger partial charge in [0, 0.05) is 23.9 Å². The van der Waals surface area contributed by atoms with Crippen molar-refractivity contribution in [3.8, 4) is 23.3 Å². The Morgan fingerprint density at radius 1 is 1.03 bits per heavy atom. The number of hydrogen-bond donors (Lipinski definition) is 1. The number of carbonyl (C=O) groups is 1. The maximum absolute atomic E-state index is 12.6. The summed E-state index contributed by atoms with van der Waals surface area (Å²) >= 11 is 0. The van der Waals surface area contributed by atoms with E-state index in [4.69, 9.17) is 13.7 Å². The van der Waals surface area contributed by atoms with Gasteiger partial charge in [0.15, 0.2) is 11.5 Å². The Kier molecular flexibility index (Phi) is 7.88. The smallest absolute Gasteiger partial charge is 0.339 e. The number of nitriles is 1. The molecule has 0 saturated heterocycles. The highest BCUT2D eigenvalue weighted by molar-refractivity contribution is 7.87. The lowest BCUT2D eigenvalue weighted by molar-refractivity contribution is -0.385. The van der Waals surface area contributed by atoms with Crippen LogP contribution in [0.1, 0.15) is 5.56 Å². The SMILES string of the molecule is COc1cccc(NC(=O)/C(C#N)=C/c2ccc(OS(=O)(=O)c3cccc([N+](=O)[O-])c3)c(OC)c2)c1. The molecule has 0 heterocycles.